The third-order valence-corrected chi connectivity index (χ3v) is 10.7. The largest absolute Gasteiger partial charge is 0.355 e. The molecule has 0 radical (unpaired) electrons. The number of aryl methyl sites for hydroxylation is 3. The first kappa shape index (κ1) is 51.2. The van der Waals surface area contributed by atoms with E-state index in [1.165, 1.54) is 55.6 Å². The molecular weight excluding hydrogens is 1170 g/mol. The minimum absolute atomic E-state index is 0.0497. The van der Waals surface area contributed by atoms with Crippen LogP contribution in [0.3, 0.4) is 0 Å². The second-order valence-electron chi connectivity index (χ2n) is 13.3. The van der Waals surface area contributed by atoms with Gasteiger partial charge >= 0.3 is 0 Å². The first-order valence-electron chi connectivity index (χ1n) is 18.6. The summed E-state index contributed by atoms with van der Waals surface area (Å²) < 4.78 is 43.6. The minimum Gasteiger partial charge on any atom is -0.355 e. The van der Waals surface area contributed by atoms with Crippen molar-refractivity contribution in [2.45, 2.75) is 20.8 Å². The molecule has 332 valence electrons. The van der Waals surface area contributed by atoms with E-state index < -0.39 is 35.2 Å². The van der Waals surface area contributed by atoms with E-state index in [9.17, 15) is 27.6 Å². The molecule has 0 spiro atoms. The van der Waals surface area contributed by atoms with Crippen LogP contribution >= 0.6 is 67.8 Å². The van der Waals surface area contributed by atoms with Crippen molar-refractivity contribution < 1.29 is 42.4 Å². The Bertz CT molecular complexity index is 2680. The van der Waals surface area contributed by atoms with Gasteiger partial charge in [-0.25, -0.2) is 29.6 Å². The van der Waals surface area contributed by atoms with Gasteiger partial charge in [0.1, 0.15) is 24.1 Å². The van der Waals surface area contributed by atoms with Crippen LogP contribution in [0.15, 0.2) is 109 Å². The van der Waals surface area contributed by atoms with Crippen molar-refractivity contribution in [2.75, 3.05) is 29.7 Å². The molecule has 0 aliphatic rings. The number of carbonyl (C=O) groups excluding carboxylic acids is 3. The van der Waals surface area contributed by atoms with Crippen LogP contribution in [0.4, 0.5) is 47.3 Å². The number of hydrogen-bond donors (Lipinski definition) is 7. The van der Waals surface area contributed by atoms with Crippen molar-refractivity contribution in [3.8, 4) is 12.3 Å². The van der Waals surface area contributed by atoms with Gasteiger partial charge in [0, 0.05) is 27.8 Å². The van der Waals surface area contributed by atoms with Crippen LogP contribution in [0.5, 0.6) is 0 Å². The van der Waals surface area contributed by atoms with Gasteiger partial charge in [0.15, 0.2) is 0 Å². The molecule has 0 aliphatic heterocycles. The summed E-state index contributed by atoms with van der Waals surface area (Å²) >= 11 is 6.63. The molecule has 0 bridgehead atoms. The second-order valence-corrected chi connectivity index (χ2v) is 17.1. The number of terminal acetylenes is 1. The molecule has 0 fully saturated rings. The fraction of sp³-hybridized carbons (Fsp3) is 0.109. The molecule has 0 aromatic heterocycles. The van der Waals surface area contributed by atoms with Gasteiger partial charge in [-0.15, -0.1) is 6.42 Å². The Hall–Kier alpha value is -5.45. The first-order valence-corrected chi connectivity index (χ1v) is 21.9. The summed E-state index contributed by atoms with van der Waals surface area (Å²) in [6.45, 7) is 5.74. The van der Waals surface area contributed by atoms with Crippen molar-refractivity contribution in [1.82, 2.24) is 16.4 Å². The summed E-state index contributed by atoms with van der Waals surface area (Å²) in [4.78, 5) is 45.0. The van der Waals surface area contributed by atoms with E-state index in [0.29, 0.717) is 22.6 Å². The Balaban J connectivity index is 0.000000211. The normalized spacial score (nSPS) is 10.2. The third kappa shape index (κ3) is 15.4. The van der Waals surface area contributed by atoms with Crippen LogP contribution in [0.1, 0.15) is 47.8 Å². The number of hydrogen-bond acceptors (Lipinski definition) is 9. The zero-order chi connectivity index (χ0) is 46.9. The van der Waals surface area contributed by atoms with Crippen molar-refractivity contribution in [3.63, 3.8) is 0 Å². The van der Waals surface area contributed by atoms with Crippen LogP contribution in [-0.4, -0.2) is 36.6 Å². The number of nitrogens with one attached hydrogen (secondary N) is 6. The number of rotatable bonds is 12. The lowest BCUT2D eigenvalue weighted by Crippen LogP contribution is -2.24. The van der Waals surface area contributed by atoms with Crippen LogP contribution in [-0.2, 0) is 9.68 Å². The molecule has 7 N–H and O–H groups in total. The zero-order valence-corrected chi connectivity index (χ0v) is 40.9. The van der Waals surface area contributed by atoms with Gasteiger partial charge in [-0.1, -0.05) is 5.92 Å². The number of benzene rings is 6. The van der Waals surface area contributed by atoms with E-state index >= 15 is 0 Å². The zero-order valence-electron chi connectivity index (χ0n) is 34.4. The van der Waals surface area contributed by atoms with Gasteiger partial charge in [0.2, 0.25) is 0 Å². The summed E-state index contributed by atoms with van der Waals surface area (Å²) in [7, 11) is 1.35. The summed E-state index contributed by atoms with van der Waals surface area (Å²) in [5.74, 6) is -0.747. The van der Waals surface area contributed by atoms with Gasteiger partial charge < -0.3 is 16.0 Å². The monoisotopic (exact) mass is 1210 g/mol. The number of hydroxylamine groups is 3. The van der Waals surface area contributed by atoms with Gasteiger partial charge in [-0.3, -0.25) is 29.3 Å². The van der Waals surface area contributed by atoms with Gasteiger partial charge in [-0.2, -0.15) is 0 Å². The standard InChI is InChI=1S/C17H14FIN2O2.C15H14FIN2O2.C14H12FIN2O2/c1-3-8-23-21-17(22)14-6-4-12(18)10-16(14)20-15-7-5-13(19)9-11(15)2;1-9-7-11(17)4-6-13(9)18-14-8-10(16)3-5-12(14)15(20)19-21-2;1-8-6-10(16)3-5-12(8)17-13-7-9(15)2-4-11(13)14(19)18-20/h1,4-7,9-10,20H,8H2,2H3,(H,21,22);3-8,18H,1-2H3,(H,19,20);2-7,17,20H,1H3,(H,18,19). The molecule has 3 amide bonds. The van der Waals surface area contributed by atoms with Gasteiger partial charge in [0.25, 0.3) is 17.7 Å². The van der Waals surface area contributed by atoms with E-state index in [0.717, 1.165) is 50.5 Å². The van der Waals surface area contributed by atoms with E-state index in [1.807, 2.05) is 75.4 Å². The van der Waals surface area contributed by atoms with Crippen LogP contribution in [0, 0.1) is 61.3 Å². The second kappa shape index (κ2) is 25.1. The highest BCUT2D eigenvalue weighted by molar-refractivity contribution is 14.1. The Morgan fingerprint density at radius 1 is 0.547 bits per heavy atom. The smallest absolute Gasteiger partial charge is 0.276 e. The predicted molar refractivity (Wildman–Crippen MR) is 267 cm³/mol. The molecule has 6 aromatic rings. The summed E-state index contributed by atoms with van der Waals surface area (Å²) in [5, 5.41) is 17.9. The highest BCUT2D eigenvalue weighted by Gasteiger charge is 2.16. The van der Waals surface area contributed by atoms with Gasteiger partial charge in [-0.05, 0) is 214 Å². The lowest BCUT2D eigenvalue weighted by atomic mass is 10.1. The van der Waals surface area contributed by atoms with E-state index in [1.54, 1.807) is 5.48 Å². The Morgan fingerprint density at radius 2 is 0.891 bits per heavy atom. The lowest BCUT2D eigenvalue weighted by Gasteiger charge is -2.14. The van der Waals surface area contributed by atoms with Crippen LogP contribution in [0.25, 0.3) is 0 Å². The molecule has 64 heavy (non-hydrogen) atoms. The average Bonchev–Trinajstić information content (AvgIpc) is 3.24. The molecule has 0 aliphatic carbocycles. The van der Waals surface area contributed by atoms with Crippen molar-refractivity contribution in [3.05, 3.63) is 171 Å². The maximum atomic E-state index is 13.6. The minimum atomic E-state index is -0.698. The van der Waals surface area contributed by atoms with Crippen LogP contribution in [0.2, 0.25) is 0 Å². The Labute approximate surface area is 408 Å². The van der Waals surface area contributed by atoms with E-state index in [-0.39, 0.29) is 17.7 Å². The molecule has 0 atom stereocenters. The fourth-order valence-corrected chi connectivity index (χ4v) is 7.54. The molecule has 0 heterocycles. The maximum Gasteiger partial charge on any atom is 0.276 e. The van der Waals surface area contributed by atoms with Crippen LogP contribution < -0.4 is 32.4 Å². The first-order chi connectivity index (χ1) is 30.5. The summed E-state index contributed by atoms with van der Waals surface area (Å²) in [6, 6.07) is 28.8. The molecule has 0 saturated carbocycles. The Kier molecular flexibility index (Phi) is 20.1. The highest BCUT2D eigenvalue weighted by Crippen LogP contribution is 2.29. The number of anilines is 6. The lowest BCUT2D eigenvalue weighted by molar-refractivity contribution is 0.0438. The van der Waals surface area contributed by atoms with Crippen molar-refractivity contribution in [1.29, 1.82) is 0 Å². The fourth-order valence-electron chi connectivity index (χ4n) is 5.60. The molecule has 18 heteroatoms. The quantitative estimate of drug-likeness (QED) is 0.0208. The molecule has 6 rings (SSSR count). The van der Waals surface area contributed by atoms with E-state index in [4.69, 9.17) is 16.5 Å². The number of amides is 3. The highest BCUT2D eigenvalue weighted by atomic mass is 127. The third-order valence-electron chi connectivity index (χ3n) is 8.67. The topological polar surface area (TPSA) is 162 Å². The molecule has 12 nitrogen and oxygen atoms in total. The summed E-state index contributed by atoms with van der Waals surface area (Å²) in [5.41, 5.74) is 13.1. The van der Waals surface area contributed by atoms with Crippen molar-refractivity contribution >= 4 is 120 Å². The average molecular weight is 1210 g/mol. The number of carbonyl (C=O) groups is 3. The maximum absolute atomic E-state index is 13.6. The number of halogens is 6. The SMILES string of the molecule is C#CCONC(=O)c1ccc(F)cc1Nc1ccc(I)cc1C.CONC(=O)c1ccc(F)cc1Nc1ccc(I)cc1C.Cc1cc(I)ccc1Nc1cc(F)ccc1C(=O)NO. The summed E-state index contributed by atoms with van der Waals surface area (Å²) in [6.07, 6.45) is 5.05. The molecule has 0 saturated heterocycles. The van der Waals surface area contributed by atoms with Crippen molar-refractivity contribution in [2.24, 2.45) is 0 Å². The van der Waals surface area contributed by atoms with E-state index in [2.05, 4.69) is 105 Å². The Morgan fingerprint density at radius 3 is 1.20 bits per heavy atom. The molecular formula is C46H40F3I3N6O6. The molecule has 0 unspecified atom stereocenters. The van der Waals surface area contributed by atoms with Gasteiger partial charge in [0.05, 0.1) is 40.9 Å². The predicted octanol–water partition coefficient (Wildman–Crippen LogP) is 11.2. The molecule has 6 aromatic carbocycles.